The first-order valence-corrected chi connectivity index (χ1v) is 6.13. The maximum Gasteiger partial charge on any atom is 0.132 e. The van der Waals surface area contributed by atoms with Crippen molar-refractivity contribution in [3.05, 3.63) is 0 Å². The lowest BCUT2D eigenvalue weighted by Gasteiger charge is -2.40. The van der Waals surface area contributed by atoms with Gasteiger partial charge in [0.05, 0.1) is 6.10 Å². The number of thioether (sulfide) groups is 1. The van der Waals surface area contributed by atoms with E-state index < -0.39 is 23.7 Å². The van der Waals surface area contributed by atoms with Gasteiger partial charge in [-0.15, -0.1) is 11.8 Å². The molecule has 0 aromatic heterocycles. The highest BCUT2D eigenvalue weighted by atomic mass is 32.2. The molecule has 1 saturated heterocycles. The van der Waals surface area contributed by atoms with Crippen LogP contribution in [-0.4, -0.2) is 51.4 Å². The number of hydrogen-bond donors (Lipinski definition) is 3. The van der Waals surface area contributed by atoms with Crippen LogP contribution in [0.2, 0.25) is 0 Å². The smallest absolute Gasteiger partial charge is 0.132 e. The van der Waals surface area contributed by atoms with Crippen LogP contribution in [0.5, 0.6) is 0 Å². The van der Waals surface area contributed by atoms with Gasteiger partial charge in [-0.3, -0.25) is 0 Å². The van der Waals surface area contributed by atoms with E-state index in [1.807, 2.05) is 6.92 Å². The van der Waals surface area contributed by atoms with Gasteiger partial charge in [-0.05, 0) is 12.7 Å². The average molecular weight is 222 g/mol. The number of aliphatic hydroxyl groups excluding tert-OH is 3. The zero-order valence-electron chi connectivity index (χ0n) is 8.46. The van der Waals surface area contributed by atoms with E-state index in [4.69, 9.17) is 4.74 Å². The first-order valence-electron chi connectivity index (χ1n) is 4.84. The molecular formula is C9H18O4S. The zero-order chi connectivity index (χ0) is 10.7. The van der Waals surface area contributed by atoms with Crippen LogP contribution in [0.15, 0.2) is 0 Å². The monoisotopic (exact) mass is 222 g/mol. The first kappa shape index (κ1) is 12.3. The molecule has 3 N–H and O–H groups in total. The van der Waals surface area contributed by atoms with Crippen LogP contribution in [0, 0.1) is 0 Å². The molecule has 1 fully saturated rings. The Morgan fingerprint density at radius 2 is 1.79 bits per heavy atom. The number of hydrogen-bond acceptors (Lipinski definition) is 5. The Bertz CT molecular complexity index is 174. The Morgan fingerprint density at radius 3 is 2.29 bits per heavy atom. The number of rotatable bonds is 3. The highest BCUT2D eigenvalue weighted by Gasteiger charge is 2.42. The molecule has 1 aliphatic heterocycles. The standard InChI is InChI=1S/C9H18O4S/c1-3-4-5-6(10)7(11)8(12)9(13-5)14-2/h5-12H,3-4H2,1-2H3/t5-,6+,7+,8-,9-/m1/s1. The lowest BCUT2D eigenvalue weighted by atomic mass is 9.97. The van der Waals surface area contributed by atoms with Crippen molar-refractivity contribution in [1.82, 2.24) is 0 Å². The van der Waals surface area contributed by atoms with Gasteiger partial charge in [0.25, 0.3) is 0 Å². The molecule has 0 unspecified atom stereocenters. The zero-order valence-corrected chi connectivity index (χ0v) is 9.28. The van der Waals surface area contributed by atoms with Crippen molar-refractivity contribution < 1.29 is 20.1 Å². The molecule has 0 amide bonds. The molecule has 4 nitrogen and oxygen atoms in total. The number of aliphatic hydroxyl groups is 3. The highest BCUT2D eigenvalue weighted by Crippen LogP contribution is 2.28. The van der Waals surface area contributed by atoms with Crippen molar-refractivity contribution in [2.45, 2.75) is 49.6 Å². The molecule has 1 heterocycles. The van der Waals surface area contributed by atoms with Gasteiger partial charge in [0, 0.05) is 0 Å². The van der Waals surface area contributed by atoms with Gasteiger partial charge in [-0.2, -0.15) is 0 Å². The van der Waals surface area contributed by atoms with Gasteiger partial charge in [0.2, 0.25) is 0 Å². The summed E-state index contributed by atoms with van der Waals surface area (Å²) in [5.41, 5.74) is -0.440. The molecule has 5 heteroatoms. The molecule has 0 aliphatic carbocycles. The van der Waals surface area contributed by atoms with Crippen molar-refractivity contribution in [1.29, 1.82) is 0 Å². The number of ether oxygens (including phenoxy) is 1. The summed E-state index contributed by atoms with van der Waals surface area (Å²) in [6.45, 7) is 1.99. The molecule has 14 heavy (non-hydrogen) atoms. The van der Waals surface area contributed by atoms with E-state index in [0.29, 0.717) is 6.42 Å². The molecule has 0 spiro atoms. The van der Waals surface area contributed by atoms with Gasteiger partial charge >= 0.3 is 0 Å². The van der Waals surface area contributed by atoms with E-state index >= 15 is 0 Å². The van der Waals surface area contributed by atoms with Crippen LogP contribution in [0.1, 0.15) is 19.8 Å². The lowest BCUT2D eigenvalue weighted by Crippen LogP contribution is -2.56. The second-order valence-electron chi connectivity index (χ2n) is 3.54. The van der Waals surface area contributed by atoms with Gasteiger partial charge in [-0.1, -0.05) is 13.3 Å². The SMILES string of the molecule is CCC[C@H]1O[C@H](SC)[C@H](O)[C@@H](O)[C@H]1O. The molecule has 0 aromatic rings. The Morgan fingerprint density at radius 1 is 1.14 bits per heavy atom. The molecule has 0 saturated carbocycles. The summed E-state index contributed by atoms with van der Waals surface area (Å²) in [6, 6.07) is 0. The van der Waals surface area contributed by atoms with E-state index in [0.717, 1.165) is 6.42 Å². The normalized spacial score (nSPS) is 43.9. The van der Waals surface area contributed by atoms with Crippen LogP contribution >= 0.6 is 11.8 Å². The van der Waals surface area contributed by atoms with Gasteiger partial charge in [0.1, 0.15) is 23.7 Å². The second-order valence-corrected chi connectivity index (χ2v) is 4.48. The summed E-state index contributed by atoms with van der Waals surface area (Å²) in [6.07, 6.45) is -0.0651. The predicted octanol–water partition coefficient (Wildman–Crippen LogP) is -0.0429. The summed E-state index contributed by atoms with van der Waals surface area (Å²) in [4.78, 5) is 0. The summed E-state index contributed by atoms with van der Waals surface area (Å²) in [5.74, 6) is 0. The Labute approximate surface area is 88.3 Å². The fourth-order valence-electron chi connectivity index (χ4n) is 1.63. The first-order chi connectivity index (χ1) is 6.61. The molecule has 0 aromatic carbocycles. The third kappa shape index (κ3) is 2.41. The maximum atomic E-state index is 9.61. The summed E-state index contributed by atoms with van der Waals surface area (Å²) < 4.78 is 5.47. The second kappa shape index (κ2) is 5.32. The molecule has 5 atom stereocenters. The molecular weight excluding hydrogens is 204 g/mol. The van der Waals surface area contributed by atoms with E-state index in [9.17, 15) is 15.3 Å². The molecule has 0 bridgehead atoms. The van der Waals surface area contributed by atoms with Gasteiger partial charge < -0.3 is 20.1 Å². The highest BCUT2D eigenvalue weighted by molar-refractivity contribution is 7.99. The van der Waals surface area contributed by atoms with E-state index in [-0.39, 0.29) is 6.10 Å². The largest absolute Gasteiger partial charge is 0.388 e. The quantitative estimate of drug-likeness (QED) is 0.625. The van der Waals surface area contributed by atoms with Crippen molar-refractivity contribution in [2.75, 3.05) is 6.26 Å². The van der Waals surface area contributed by atoms with Crippen molar-refractivity contribution in [3.63, 3.8) is 0 Å². The summed E-state index contributed by atoms with van der Waals surface area (Å²) >= 11 is 1.35. The summed E-state index contributed by atoms with van der Waals surface area (Å²) in [5, 5.41) is 28.7. The maximum absolute atomic E-state index is 9.61. The van der Waals surface area contributed by atoms with Crippen LogP contribution in [-0.2, 0) is 4.74 Å². The van der Waals surface area contributed by atoms with Crippen molar-refractivity contribution in [2.24, 2.45) is 0 Å². The lowest BCUT2D eigenvalue weighted by molar-refractivity contribution is -0.199. The third-order valence-corrected chi connectivity index (χ3v) is 3.33. The van der Waals surface area contributed by atoms with Crippen molar-refractivity contribution in [3.8, 4) is 0 Å². The molecule has 0 radical (unpaired) electrons. The molecule has 1 rings (SSSR count). The predicted molar refractivity (Wildman–Crippen MR) is 55.1 cm³/mol. The Balaban J connectivity index is 2.63. The average Bonchev–Trinajstić information content (AvgIpc) is 2.19. The van der Waals surface area contributed by atoms with Gasteiger partial charge in [-0.25, -0.2) is 0 Å². The van der Waals surface area contributed by atoms with Crippen molar-refractivity contribution >= 4 is 11.8 Å². The minimum absolute atomic E-state index is 0.365. The third-order valence-electron chi connectivity index (χ3n) is 2.47. The molecule has 84 valence electrons. The minimum Gasteiger partial charge on any atom is -0.388 e. The fourth-order valence-corrected chi connectivity index (χ4v) is 2.33. The topological polar surface area (TPSA) is 69.9 Å². The molecule has 1 aliphatic rings. The van der Waals surface area contributed by atoms with Crippen LogP contribution in [0.3, 0.4) is 0 Å². The van der Waals surface area contributed by atoms with Crippen LogP contribution in [0.4, 0.5) is 0 Å². The van der Waals surface area contributed by atoms with E-state index in [2.05, 4.69) is 0 Å². The minimum atomic E-state index is -1.10. The van der Waals surface area contributed by atoms with E-state index in [1.165, 1.54) is 11.8 Å². The fraction of sp³-hybridized carbons (Fsp3) is 1.00. The Hall–Kier alpha value is 0.190. The van der Waals surface area contributed by atoms with Crippen LogP contribution in [0.25, 0.3) is 0 Å². The van der Waals surface area contributed by atoms with E-state index in [1.54, 1.807) is 6.26 Å². The summed E-state index contributed by atoms with van der Waals surface area (Å²) in [7, 11) is 0. The Kier molecular flexibility index (Phi) is 4.66. The van der Waals surface area contributed by atoms with Crippen LogP contribution < -0.4 is 0 Å². The van der Waals surface area contributed by atoms with Gasteiger partial charge in [0.15, 0.2) is 0 Å².